The number of anilines is 3. The Morgan fingerprint density at radius 1 is 0.382 bits per heavy atom. The molecule has 0 saturated heterocycles. The number of hydrogen-bond donors (Lipinski definition) is 0. The van der Waals surface area contributed by atoms with E-state index in [1.54, 1.807) is 0 Å². The molecule has 11 aromatic rings. The Balaban J connectivity index is 1.10. The van der Waals surface area contributed by atoms with Crippen LogP contribution in [0.5, 0.6) is 0 Å². The van der Waals surface area contributed by atoms with Crippen molar-refractivity contribution < 1.29 is 4.42 Å². The molecule has 258 valence electrons. The van der Waals surface area contributed by atoms with Crippen LogP contribution in [0.15, 0.2) is 205 Å². The minimum absolute atomic E-state index is 0.873. The van der Waals surface area contributed by atoms with Crippen LogP contribution in [0.25, 0.3) is 86.3 Å². The van der Waals surface area contributed by atoms with Crippen molar-refractivity contribution in [1.82, 2.24) is 0 Å². The standard InChI is InChI=1S/C52H33NOS/c1-3-12-35(13-4-1)41-19-11-16-37-22-23-38(32-46(37)41)34-24-26-39(27-25-34)53(40-28-29-44-43-17-7-9-20-48(43)54-49(44)33-40)47-31-30-42(36-14-5-2-6-15-36)52-51(47)45-18-8-10-21-50(45)55-52/h1-33H. The van der Waals surface area contributed by atoms with Gasteiger partial charge in [-0.2, -0.15) is 0 Å². The third-order valence-electron chi connectivity index (χ3n) is 10.9. The predicted octanol–water partition coefficient (Wildman–Crippen LogP) is 15.6. The SMILES string of the molecule is c1ccc(-c2cccc3ccc(-c4ccc(N(c5ccc6c(c5)oc5ccccc56)c5ccc(-c6ccccc6)c6sc7ccccc7c56)cc4)cc23)cc1. The zero-order chi connectivity index (χ0) is 36.3. The molecule has 0 fully saturated rings. The first-order chi connectivity index (χ1) is 27.3. The second-order valence-corrected chi connectivity index (χ2v) is 15.1. The molecule has 0 unspecified atom stereocenters. The maximum atomic E-state index is 6.46. The van der Waals surface area contributed by atoms with Gasteiger partial charge in [-0.25, -0.2) is 0 Å². The van der Waals surface area contributed by atoms with Crippen molar-refractivity contribution in [2.75, 3.05) is 4.90 Å². The summed E-state index contributed by atoms with van der Waals surface area (Å²) in [4.78, 5) is 2.40. The molecule has 0 amide bonds. The molecule has 0 aliphatic heterocycles. The fraction of sp³-hybridized carbons (Fsp3) is 0. The Kier molecular flexibility index (Phi) is 7.39. The highest BCUT2D eigenvalue weighted by Gasteiger charge is 2.22. The molecule has 3 heteroatoms. The smallest absolute Gasteiger partial charge is 0.137 e. The van der Waals surface area contributed by atoms with E-state index in [0.717, 1.165) is 39.0 Å². The molecule has 2 nitrogen and oxygen atoms in total. The molecule has 0 aliphatic carbocycles. The van der Waals surface area contributed by atoms with Crippen LogP contribution in [-0.2, 0) is 0 Å². The summed E-state index contributed by atoms with van der Waals surface area (Å²) >= 11 is 1.87. The van der Waals surface area contributed by atoms with E-state index in [-0.39, 0.29) is 0 Å². The van der Waals surface area contributed by atoms with Crippen molar-refractivity contribution in [3.63, 3.8) is 0 Å². The Bertz CT molecular complexity index is 3190. The minimum atomic E-state index is 0.873. The number of rotatable bonds is 6. The number of para-hydroxylation sites is 1. The highest BCUT2D eigenvalue weighted by molar-refractivity contribution is 7.26. The van der Waals surface area contributed by atoms with Crippen molar-refractivity contribution in [3.05, 3.63) is 200 Å². The lowest BCUT2D eigenvalue weighted by Gasteiger charge is -2.27. The number of hydrogen-bond acceptors (Lipinski definition) is 3. The van der Waals surface area contributed by atoms with Gasteiger partial charge < -0.3 is 9.32 Å². The van der Waals surface area contributed by atoms with Gasteiger partial charge in [0.25, 0.3) is 0 Å². The second-order valence-electron chi connectivity index (χ2n) is 14.1. The van der Waals surface area contributed by atoms with Gasteiger partial charge in [0, 0.05) is 48.4 Å². The molecule has 9 aromatic carbocycles. The largest absolute Gasteiger partial charge is 0.456 e. The lowest BCUT2D eigenvalue weighted by atomic mass is 9.94. The van der Waals surface area contributed by atoms with E-state index in [2.05, 4.69) is 193 Å². The average molecular weight is 720 g/mol. The van der Waals surface area contributed by atoms with Gasteiger partial charge >= 0.3 is 0 Å². The summed E-state index contributed by atoms with van der Waals surface area (Å²) in [7, 11) is 0. The Morgan fingerprint density at radius 2 is 1.05 bits per heavy atom. The van der Waals surface area contributed by atoms with Crippen LogP contribution in [-0.4, -0.2) is 0 Å². The fourth-order valence-corrected chi connectivity index (χ4v) is 9.51. The summed E-state index contributed by atoms with van der Waals surface area (Å²) in [5.74, 6) is 0. The molecule has 0 aliphatic rings. The van der Waals surface area contributed by atoms with E-state index in [0.29, 0.717) is 0 Å². The van der Waals surface area contributed by atoms with E-state index < -0.39 is 0 Å². The summed E-state index contributed by atoms with van der Waals surface area (Å²) < 4.78 is 9.02. The zero-order valence-corrected chi connectivity index (χ0v) is 30.6. The Morgan fingerprint density at radius 3 is 1.87 bits per heavy atom. The molecule has 0 spiro atoms. The van der Waals surface area contributed by atoms with Crippen LogP contribution in [0.4, 0.5) is 17.1 Å². The molecule has 55 heavy (non-hydrogen) atoms. The second kappa shape index (κ2) is 12.9. The molecule has 11 rings (SSSR count). The van der Waals surface area contributed by atoms with Crippen LogP contribution in [0.3, 0.4) is 0 Å². The van der Waals surface area contributed by atoms with Crippen molar-refractivity contribution in [2.45, 2.75) is 0 Å². The third kappa shape index (κ3) is 5.32. The molecule has 2 heterocycles. The highest BCUT2D eigenvalue weighted by atomic mass is 32.1. The highest BCUT2D eigenvalue weighted by Crippen LogP contribution is 2.49. The lowest BCUT2D eigenvalue weighted by Crippen LogP contribution is -2.10. The van der Waals surface area contributed by atoms with Crippen LogP contribution in [0, 0.1) is 0 Å². The molecular weight excluding hydrogens is 687 g/mol. The number of benzene rings is 9. The van der Waals surface area contributed by atoms with Gasteiger partial charge in [-0.05, 0) is 92.7 Å². The molecule has 0 atom stereocenters. The Labute approximate surface area is 322 Å². The van der Waals surface area contributed by atoms with Gasteiger partial charge in [0.05, 0.1) is 5.69 Å². The first-order valence-electron chi connectivity index (χ1n) is 18.7. The van der Waals surface area contributed by atoms with Gasteiger partial charge in [-0.3, -0.25) is 0 Å². The first kappa shape index (κ1) is 31.6. The fourth-order valence-electron chi connectivity index (χ4n) is 8.25. The van der Waals surface area contributed by atoms with Crippen LogP contribution >= 0.6 is 11.3 Å². The van der Waals surface area contributed by atoms with Gasteiger partial charge in [0.2, 0.25) is 0 Å². The van der Waals surface area contributed by atoms with Gasteiger partial charge in [0.15, 0.2) is 0 Å². The molecule has 0 radical (unpaired) electrons. The van der Waals surface area contributed by atoms with Gasteiger partial charge in [-0.1, -0.05) is 146 Å². The quantitative estimate of drug-likeness (QED) is 0.170. The van der Waals surface area contributed by atoms with E-state index in [9.17, 15) is 0 Å². The van der Waals surface area contributed by atoms with E-state index >= 15 is 0 Å². The number of furan rings is 1. The molecule has 0 saturated carbocycles. The monoisotopic (exact) mass is 719 g/mol. The molecular formula is C52H33NOS. The van der Waals surface area contributed by atoms with Crippen molar-refractivity contribution in [3.8, 4) is 33.4 Å². The number of thiophene rings is 1. The van der Waals surface area contributed by atoms with E-state index in [1.807, 2.05) is 23.5 Å². The first-order valence-corrected chi connectivity index (χ1v) is 19.5. The summed E-state index contributed by atoms with van der Waals surface area (Å²) in [5, 5.41) is 7.24. The molecule has 0 N–H and O–H groups in total. The normalized spacial score (nSPS) is 11.6. The summed E-state index contributed by atoms with van der Waals surface area (Å²) in [6, 6.07) is 72.2. The van der Waals surface area contributed by atoms with Gasteiger partial charge in [0.1, 0.15) is 11.2 Å². The third-order valence-corrected chi connectivity index (χ3v) is 12.1. The van der Waals surface area contributed by atoms with E-state index in [1.165, 1.54) is 64.3 Å². The average Bonchev–Trinajstić information content (AvgIpc) is 3.83. The Hall–Kier alpha value is -6.94. The van der Waals surface area contributed by atoms with Gasteiger partial charge in [-0.15, -0.1) is 11.3 Å². The zero-order valence-electron chi connectivity index (χ0n) is 29.8. The minimum Gasteiger partial charge on any atom is -0.456 e. The number of fused-ring (bicyclic) bond motifs is 7. The number of nitrogens with zero attached hydrogens (tertiary/aromatic N) is 1. The van der Waals surface area contributed by atoms with Crippen molar-refractivity contribution >= 4 is 81.3 Å². The maximum Gasteiger partial charge on any atom is 0.137 e. The molecule has 2 aromatic heterocycles. The van der Waals surface area contributed by atoms with Crippen molar-refractivity contribution in [2.24, 2.45) is 0 Å². The van der Waals surface area contributed by atoms with Crippen molar-refractivity contribution in [1.29, 1.82) is 0 Å². The summed E-state index contributed by atoms with van der Waals surface area (Å²) in [5.41, 5.74) is 12.3. The van der Waals surface area contributed by atoms with Crippen LogP contribution in [0.1, 0.15) is 0 Å². The maximum absolute atomic E-state index is 6.46. The molecule has 0 bridgehead atoms. The van der Waals surface area contributed by atoms with Crippen LogP contribution in [0.2, 0.25) is 0 Å². The predicted molar refractivity (Wildman–Crippen MR) is 235 cm³/mol. The summed E-state index contributed by atoms with van der Waals surface area (Å²) in [6.07, 6.45) is 0. The lowest BCUT2D eigenvalue weighted by molar-refractivity contribution is 0.669. The van der Waals surface area contributed by atoms with E-state index in [4.69, 9.17) is 4.42 Å². The topological polar surface area (TPSA) is 16.4 Å². The summed E-state index contributed by atoms with van der Waals surface area (Å²) in [6.45, 7) is 0. The van der Waals surface area contributed by atoms with Crippen LogP contribution < -0.4 is 4.90 Å².